The van der Waals surface area contributed by atoms with E-state index in [9.17, 15) is 0 Å². The van der Waals surface area contributed by atoms with Crippen molar-refractivity contribution in [1.29, 1.82) is 0 Å². The average molecular weight is 176 g/mol. The third-order valence-corrected chi connectivity index (χ3v) is 3.15. The monoisotopic (exact) mass is 176 g/mol. The summed E-state index contributed by atoms with van der Waals surface area (Å²) < 4.78 is 0. The minimum atomic E-state index is 0.855. The summed E-state index contributed by atoms with van der Waals surface area (Å²) in [7, 11) is 0. The van der Waals surface area contributed by atoms with Crippen LogP contribution in [-0.4, -0.2) is 0 Å². The predicted octanol–water partition coefficient (Wildman–Crippen LogP) is 3.97. The van der Waals surface area contributed by atoms with Gasteiger partial charge in [-0.15, -0.1) is 13.2 Å². The van der Waals surface area contributed by atoms with Gasteiger partial charge in [-0.1, -0.05) is 44.1 Å². The normalized spacial score (nSPS) is 35.9. The van der Waals surface area contributed by atoms with Crippen LogP contribution in [0.5, 0.6) is 0 Å². The van der Waals surface area contributed by atoms with Crippen LogP contribution in [0, 0.1) is 17.8 Å². The summed E-state index contributed by atoms with van der Waals surface area (Å²) in [5.74, 6) is 2.63. The van der Waals surface area contributed by atoms with Crippen molar-refractivity contribution < 1.29 is 0 Å². The Balaban J connectivity index is 0.000000396. The molecule has 1 saturated carbocycles. The van der Waals surface area contributed by atoms with Gasteiger partial charge in [0.05, 0.1) is 0 Å². The van der Waals surface area contributed by atoms with E-state index in [0.29, 0.717) is 0 Å². The van der Waals surface area contributed by atoms with E-state index in [0.717, 1.165) is 17.8 Å². The van der Waals surface area contributed by atoms with Gasteiger partial charge in [0.25, 0.3) is 0 Å². The standard InChI is InChI=1S/C11H16.C2H4/c1-9-5-4-7-10-6-2-3-8-11(9)10;1-2/h2-3,6,8-11H,4-5,7H2,1H3;1-2H2. The molecule has 0 heterocycles. The molecule has 0 aromatic rings. The Morgan fingerprint density at radius 2 is 1.77 bits per heavy atom. The zero-order valence-corrected chi connectivity index (χ0v) is 8.58. The molecule has 0 bridgehead atoms. The SMILES string of the molecule is C=C.CC1CCCC2C=CC=CC12. The van der Waals surface area contributed by atoms with Crippen LogP contribution in [-0.2, 0) is 0 Å². The van der Waals surface area contributed by atoms with Crippen LogP contribution in [0.3, 0.4) is 0 Å². The molecular weight excluding hydrogens is 156 g/mol. The summed E-state index contributed by atoms with van der Waals surface area (Å²) in [5.41, 5.74) is 0. The Labute approximate surface area is 82.0 Å². The highest BCUT2D eigenvalue weighted by Crippen LogP contribution is 2.37. The van der Waals surface area contributed by atoms with Crippen molar-refractivity contribution in [1.82, 2.24) is 0 Å². The first-order chi connectivity index (χ1) is 6.38. The van der Waals surface area contributed by atoms with Crippen molar-refractivity contribution in [3.8, 4) is 0 Å². The maximum Gasteiger partial charge on any atom is -0.0142 e. The van der Waals surface area contributed by atoms with E-state index < -0.39 is 0 Å². The molecule has 0 amide bonds. The molecule has 1 fully saturated rings. The highest BCUT2D eigenvalue weighted by molar-refractivity contribution is 5.15. The second-order valence-corrected chi connectivity index (χ2v) is 3.92. The van der Waals surface area contributed by atoms with E-state index in [2.05, 4.69) is 44.4 Å². The number of rotatable bonds is 0. The fourth-order valence-electron chi connectivity index (χ4n) is 2.44. The Bertz CT molecular complexity index is 200. The molecule has 2 aliphatic rings. The molecular formula is C13H20. The molecule has 0 heteroatoms. The molecule has 0 N–H and O–H groups in total. The molecule has 0 nitrogen and oxygen atoms in total. The fraction of sp³-hybridized carbons (Fsp3) is 0.538. The van der Waals surface area contributed by atoms with Crippen LogP contribution in [0.15, 0.2) is 37.5 Å². The van der Waals surface area contributed by atoms with E-state index in [4.69, 9.17) is 0 Å². The van der Waals surface area contributed by atoms with Crippen molar-refractivity contribution >= 4 is 0 Å². The molecule has 0 saturated heterocycles. The lowest BCUT2D eigenvalue weighted by molar-refractivity contribution is 0.245. The van der Waals surface area contributed by atoms with E-state index >= 15 is 0 Å². The Hall–Kier alpha value is -0.780. The van der Waals surface area contributed by atoms with Crippen LogP contribution in [0.4, 0.5) is 0 Å². The average Bonchev–Trinajstić information content (AvgIpc) is 2.22. The molecule has 13 heavy (non-hydrogen) atoms. The molecule has 3 unspecified atom stereocenters. The molecule has 0 spiro atoms. The smallest absolute Gasteiger partial charge is 0.0142 e. The molecule has 2 rings (SSSR count). The van der Waals surface area contributed by atoms with Gasteiger partial charge in [0.1, 0.15) is 0 Å². The van der Waals surface area contributed by atoms with Gasteiger partial charge in [0.15, 0.2) is 0 Å². The van der Waals surface area contributed by atoms with Crippen molar-refractivity contribution in [2.45, 2.75) is 26.2 Å². The third kappa shape index (κ3) is 2.33. The van der Waals surface area contributed by atoms with E-state index in [1.54, 1.807) is 0 Å². The predicted molar refractivity (Wildman–Crippen MR) is 59.5 cm³/mol. The summed E-state index contributed by atoms with van der Waals surface area (Å²) in [5, 5.41) is 0. The summed E-state index contributed by atoms with van der Waals surface area (Å²) in [4.78, 5) is 0. The molecule has 0 aliphatic heterocycles. The van der Waals surface area contributed by atoms with Gasteiger partial charge in [-0.3, -0.25) is 0 Å². The van der Waals surface area contributed by atoms with Crippen LogP contribution in [0.1, 0.15) is 26.2 Å². The minimum absolute atomic E-state index is 0.855. The van der Waals surface area contributed by atoms with Crippen molar-refractivity contribution in [3.05, 3.63) is 37.5 Å². The lowest BCUT2D eigenvalue weighted by atomic mass is 9.71. The van der Waals surface area contributed by atoms with Crippen LogP contribution < -0.4 is 0 Å². The molecule has 0 aromatic heterocycles. The zero-order chi connectivity index (χ0) is 9.68. The summed E-state index contributed by atoms with van der Waals surface area (Å²) >= 11 is 0. The maximum atomic E-state index is 3.00. The highest BCUT2D eigenvalue weighted by atomic mass is 14.3. The Morgan fingerprint density at radius 1 is 1.08 bits per heavy atom. The van der Waals surface area contributed by atoms with Crippen molar-refractivity contribution in [3.63, 3.8) is 0 Å². The summed E-state index contributed by atoms with van der Waals surface area (Å²) in [6.45, 7) is 8.39. The number of fused-ring (bicyclic) bond motifs is 1. The number of allylic oxidation sites excluding steroid dienone is 4. The molecule has 72 valence electrons. The van der Waals surface area contributed by atoms with Gasteiger partial charge in [-0.25, -0.2) is 0 Å². The fourth-order valence-corrected chi connectivity index (χ4v) is 2.44. The number of hydrogen-bond acceptors (Lipinski definition) is 0. The summed E-state index contributed by atoms with van der Waals surface area (Å²) in [6.07, 6.45) is 13.5. The first-order valence-corrected chi connectivity index (χ1v) is 5.23. The highest BCUT2D eigenvalue weighted by Gasteiger charge is 2.27. The first-order valence-electron chi connectivity index (χ1n) is 5.23. The van der Waals surface area contributed by atoms with Crippen molar-refractivity contribution in [2.24, 2.45) is 17.8 Å². The molecule has 3 atom stereocenters. The topological polar surface area (TPSA) is 0 Å². The quantitative estimate of drug-likeness (QED) is 0.490. The second-order valence-electron chi connectivity index (χ2n) is 3.92. The zero-order valence-electron chi connectivity index (χ0n) is 8.58. The first kappa shape index (κ1) is 10.3. The van der Waals surface area contributed by atoms with Crippen LogP contribution in [0.25, 0.3) is 0 Å². The third-order valence-electron chi connectivity index (χ3n) is 3.15. The largest absolute Gasteiger partial charge is 0.106 e. The lowest BCUT2D eigenvalue weighted by Crippen LogP contribution is -2.24. The lowest BCUT2D eigenvalue weighted by Gasteiger charge is -2.34. The van der Waals surface area contributed by atoms with Gasteiger partial charge in [-0.2, -0.15) is 0 Å². The summed E-state index contributed by atoms with van der Waals surface area (Å²) in [6, 6.07) is 0. The van der Waals surface area contributed by atoms with Gasteiger partial charge in [0.2, 0.25) is 0 Å². The minimum Gasteiger partial charge on any atom is -0.106 e. The molecule has 2 aliphatic carbocycles. The van der Waals surface area contributed by atoms with Gasteiger partial charge < -0.3 is 0 Å². The molecule has 0 radical (unpaired) electrons. The van der Waals surface area contributed by atoms with E-state index in [-0.39, 0.29) is 0 Å². The van der Waals surface area contributed by atoms with Crippen LogP contribution in [0.2, 0.25) is 0 Å². The Kier molecular flexibility index (Phi) is 4.01. The second kappa shape index (κ2) is 5.06. The maximum absolute atomic E-state index is 3.00. The molecule has 0 aromatic carbocycles. The van der Waals surface area contributed by atoms with E-state index in [1.807, 2.05) is 0 Å². The van der Waals surface area contributed by atoms with Gasteiger partial charge in [-0.05, 0) is 24.2 Å². The Morgan fingerprint density at radius 3 is 2.46 bits per heavy atom. The van der Waals surface area contributed by atoms with Crippen molar-refractivity contribution in [2.75, 3.05) is 0 Å². The van der Waals surface area contributed by atoms with E-state index in [1.165, 1.54) is 19.3 Å². The number of hydrogen-bond donors (Lipinski definition) is 0. The van der Waals surface area contributed by atoms with Gasteiger partial charge >= 0.3 is 0 Å². The van der Waals surface area contributed by atoms with Crippen LogP contribution >= 0.6 is 0 Å². The van der Waals surface area contributed by atoms with Gasteiger partial charge in [0, 0.05) is 0 Å².